The number of benzene rings is 2. The number of hydrogen-bond donors (Lipinski definition) is 1. The number of amides is 1. The van der Waals surface area contributed by atoms with E-state index in [-0.39, 0.29) is 5.91 Å². The standard InChI is InChI=1S/C21H18N4O2S2/c1-25-10-9-22-21(25)29-19-8-3-2-7-18(19)24-20(26)15-5-4-6-17(11-15)27-12-16-13-28-14-23-16/h2-11,13-14H,12H2,1H3,(H,24,26). The van der Waals surface area contributed by atoms with Crippen LogP contribution in [-0.4, -0.2) is 20.4 Å². The Bertz CT molecular complexity index is 1110. The molecule has 4 rings (SSSR count). The van der Waals surface area contributed by atoms with E-state index in [0.29, 0.717) is 17.9 Å². The van der Waals surface area contributed by atoms with Gasteiger partial charge in [-0.05, 0) is 42.1 Å². The van der Waals surface area contributed by atoms with Crippen LogP contribution in [0.2, 0.25) is 0 Å². The first-order chi connectivity index (χ1) is 14.2. The molecule has 1 N–H and O–H groups in total. The lowest BCUT2D eigenvalue weighted by Gasteiger charge is -2.11. The largest absolute Gasteiger partial charge is 0.487 e. The fourth-order valence-corrected chi connectivity index (χ4v) is 4.03. The molecule has 0 unspecified atom stereocenters. The van der Waals surface area contributed by atoms with Gasteiger partial charge in [-0.3, -0.25) is 4.79 Å². The smallest absolute Gasteiger partial charge is 0.255 e. The SMILES string of the molecule is Cn1ccnc1Sc1ccccc1NC(=O)c1cccc(OCc2cscn2)c1. The number of carbonyl (C=O) groups is 1. The number of aromatic nitrogens is 3. The maximum atomic E-state index is 12.8. The van der Waals surface area contributed by atoms with Gasteiger partial charge in [-0.1, -0.05) is 18.2 Å². The molecule has 0 aliphatic rings. The van der Waals surface area contributed by atoms with Crippen molar-refractivity contribution in [3.63, 3.8) is 0 Å². The van der Waals surface area contributed by atoms with E-state index >= 15 is 0 Å². The Morgan fingerprint density at radius 3 is 2.90 bits per heavy atom. The van der Waals surface area contributed by atoms with Gasteiger partial charge in [-0.25, -0.2) is 9.97 Å². The highest BCUT2D eigenvalue weighted by Gasteiger charge is 2.12. The first-order valence-electron chi connectivity index (χ1n) is 8.84. The van der Waals surface area contributed by atoms with Crippen LogP contribution in [0.15, 0.2) is 81.9 Å². The number of rotatable bonds is 7. The molecule has 0 aliphatic carbocycles. The number of thiazole rings is 1. The molecule has 0 bridgehead atoms. The summed E-state index contributed by atoms with van der Waals surface area (Å²) in [5, 5.41) is 5.78. The minimum Gasteiger partial charge on any atom is -0.487 e. The van der Waals surface area contributed by atoms with Crippen molar-refractivity contribution in [3.8, 4) is 5.75 Å². The van der Waals surface area contributed by atoms with Gasteiger partial charge < -0.3 is 14.6 Å². The molecule has 0 saturated carbocycles. The van der Waals surface area contributed by atoms with Crippen molar-refractivity contribution in [3.05, 3.63) is 83.1 Å². The fourth-order valence-electron chi connectivity index (χ4n) is 2.60. The normalized spacial score (nSPS) is 10.7. The number of para-hydroxylation sites is 1. The lowest BCUT2D eigenvalue weighted by atomic mass is 10.2. The molecule has 8 heteroatoms. The quantitative estimate of drug-likeness (QED) is 0.461. The Morgan fingerprint density at radius 1 is 1.21 bits per heavy atom. The van der Waals surface area contributed by atoms with Crippen LogP contribution in [-0.2, 0) is 13.7 Å². The predicted octanol–water partition coefficient (Wildman–Crippen LogP) is 4.86. The molecule has 0 radical (unpaired) electrons. The summed E-state index contributed by atoms with van der Waals surface area (Å²) in [5.41, 5.74) is 3.89. The molecule has 0 fully saturated rings. The Balaban J connectivity index is 1.47. The van der Waals surface area contributed by atoms with Crippen LogP contribution in [0.4, 0.5) is 5.69 Å². The van der Waals surface area contributed by atoms with Gasteiger partial charge in [0.05, 0.1) is 16.9 Å². The number of imidazole rings is 1. The van der Waals surface area contributed by atoms with Gasteiger partial charge >= 0.3 is 0 Å². The summed E-state index contributed by atoms with van der Waals surface area (Å²) in [7, 11) is 1.94. The van der Waals surface area contributed by atoms with Crippen molar-refractivity contribution in [1.82, 2.24) is 14.5 Å². The molecule has 2 aromatic carbocycles. The van der Waals surface area contributed by atoms with Gasteiger partial charge in [0, 0.05) is 35.3 Å². The van der Waals surface area contributed by atoms with Crippen molar-refractivity contribution < 1.29 is 9.53 Å². The Kier molecular flexibility index (Phi) is 5.92. The molecule has 0 saturated heterocycles. The van der Waals surface area contributed by atoms with E-state index in [4.69, 9.17) is 4.74 Å². The third kappa shape index (κ3) is 4.85. The molecule has 2 aromatic heterocycles. The van der Waals surface area contributed by atoms with E-state index in [2.05, 4.69) is 15.3 Å². The maximum Gasteiger partial charge on any atom is 0.255 e. The molecule has 146 valence electrons. The summed E-state index contributed by atoms with van der Waals surface area (Å²) in [4.78, 5) is 22.3. The average molecular weight is 423 g/mol. The minimum absolute atomic E-state index is 0.197. The highest BCUT2D eigenvalue weighted by Crippen LogP contribution is 2.32. The molecule has 0 spiro atoms. The highest BCUT2D eigenvalue weighted by atomic mass is 32.2. The summed E-state index contributed by atoms with van der Waals surface area (Å²) < 4.78 is 7.68. The predicted molar refractivity (Wildman–Crippen MR) is 115 cm³/mol. The Labute approximate surface area is 176 Å². The zero-order valence-electron chi connectivity index (χ0n) is 15.6. The number of hydrogen-bond acceptors (Lipinski definition) is 6. The van der Waals surface area contributed by atoms with E-state index in [9.17, 15) is 4.79 Å². The van der Waals surface area contributed by atoms with Crippen molar-refractivity contribution in [2.24, 2.45) is 7.05 Å². The lowest BCUT2D eigenvalue weighted by molar-refractivity contribution is 0.102. The number of carbonyl (C=O) groups excluding carboxylic acids is 1. The van der Waals surface area contributed by atoms with Crippen molar-refractivity contribution >= 4 is 34.7 Å². The highest BCUT2D eigenvalue weighted by molar-refractivity contribution is 7.99. The Hall–Kier alpha value is -3.10. The molecule has 4 aromatic rings. The second-order valence-electron chi connectivity index (χ2n) is 6.17. The van der Waals surface area contributed by atoms with Gasteiger partial charge in [-0.2, -0.15) is 0 Å². The second kappa shape index (κ2) is 8.93. The van der Waals surface area contributed by atoms with E-state index in [1.807, 2.05) is 53.5 Å². The zero-order chi connectivity index (χ0) is 20.1. The maximum absolute atomic E-state index is 12.8. The number of nitrogens with zero attached hydrogens (tertiary/aromatic N) is 3. The summed E-state index contributed by atoms with van der Waals surface area (Å²) >= 11 is 3.02. The van der Waals surface area contributed by atoms with Gasteiger partial charge in [0.1, 0.15) is 12.4 Å². The summed E-state index contributed by atoms with van der Waals surface area (Å²) in [5.74, 6) is 0.429. The zero-order valence-corrected chi connectivity index (χ0v) is 17.2. The molecular formula is C21H18N4O2S2. The molecule has 2 heterocycles. The van der Waals surface area contributed by atoms with Crippen LogP contribution < -0.4 is 10.1 Å². The third-order valence-electron chi connectivity index (χ3n) is 4.08. The van der Waals surface area contributed by atoms with Crippen LogP contribution in [0.1, 0.15) is 16.1 Å². The van der Waals surface area contributed by atoms with Crippen LogP contribution in [0, 0.1) is 0 Å². The van der Waals surface area contributed by atoms with Crippen molar-refractivity contribution in [1.29, 1.82) is 0 Å². The molecule has 0 atom stereocenters. The van der Waals surface area contributed by atoms with Crippen LogP contribution in [0.5, 0.6) is 5.75 Å². The lowest BCUT2D eigenvalue weighted by Crippen LogP contribution is -2.12. The van der Waals surface area contributed by atoms with E-state index in [0.717, 1.165) is 21.4 Å². The van der Waals surface area contributed by atoms with Crippen LogP contribution in [0.25, 0.3) is 0 Å². The molecule has 29 heavy (non-hydrogen) atoms. The summed E-state index contributed by atoms with van der Waals surface area (Å²) in [6.45, 7) is 0.373. The number of anilines is 1. The second-order valence-corrected chi connectivity index (χ2v) is 7.90. The van der Waals surface area contributed by atoms with E-state index in [1.54, 1.807) is 29.9 Å². The van der Waals surface area contributed by atoms with Gasteiger partial charge in [0.25, 0.3) is 5.91 Å². The molecule has 0 aliphatic heterocycles. The monoisotopic (exact) mass is 422 g/mol. The van der Waals surface area contributed by atoms with E-state index < -0.39 is 0 Å². The molecular weight excluding hydrogens is 404 g/mol. The average Bonchev–Trinajstić information content (AvgIpc) is 3.40. The van der Waals surface area contributed by atoms with Crippen LogP contribution >= 0.6 is 23.1 Å². The summed E-state index contributed by atoms with van der Waals surface area (Å²) in [6, 6.07) is 14.8. The number of nitrogens with one attached hydrogen (secondary N) is 1. The van der Waals surface area contributed by atoms with Crippen molar-refractivity contribution in [2.45, 2.75) is 16.7 Å². The third-order valence-corrected chi connectivity index (χ3v) is 5.87. The molecule has 6 nitrogen and oxygen atoms in total. The first kappa shape index (κ1) is 19.2. The summed E-state index contributed by atoms with van der Waals surface area (Å²) in [6.07, 6.45) is 3.64. The van der Waals surface area contributed by atoms with Gasteiger partial charge in [-0.15, -0.1) is 11.3 Å². The number of ether oxygens (including phenoxy) is 1. The van der Waals surface area contributed by atoms with E-state index in [1.165, 1.54) is 23.1 Å². The topological polar surface area (TPSA) is 69.0 Å². The minimum atomic E-state index is -0.197. The van der Waals surface area contributed by atoms with Crippen molar-refractivity contribution in [2.75, 3.05) is 5.32 Å². The molecule has 1 amide bonds. The fraction of sp³-hybridized carbons (Fsp3) is 0.0952. The number of aryl methyl sites for hydroxylation is 1. The Morgan fingerprint density at radius 2 is 2.10 bits per heavy atom. The van der Waals surface area contributed by atoms with Crippen LogP contribution in [0.3, 0.4) is 0 Å². The van der Waals surface area contributed by atoms with Gasteiger partial charge in [0.15, 0.2) is 5.16 Å². The van der Waals surface area contributed by atoms with Gasteiger partial charge in [0.2, 0.25) is 0 Å². The first-order valence-corrected chi connectivity index (χ1v) is 10.6.